The van der Waals surface area contributed by atoms with Crippen LogP contribution in [0.5, 0.6) is 0 Å². The van der Waals surface area contributed by atoms with Gasteiger partial charge in [-0.15, -0.1) is 0 Å². The summed E-state index contributed by atoms with van der Waals surface area (Å²) in [4.78, 5) is 0. The minimum atomic E-state index is -0.114. The summed E-state index contributed by atoms with van der Waals surface area (Å²) in [5.41, 5.74) is 13.5. The number of allylic oxidation sites excluding steroid dienone is 4. The molecule has 3 aromatic carbocycles. The maximum absolute atomic E-state index is 2.48. The zero-order chi connectivity index (χ0) is 18.7. The molecule has 0 heteroatoms. The van der Waals surface area contributed by atoms with Crippen LogP contribution in [0.25, 0.3) is 16.7 Å². The summed E-state index contributed by atoms with van der Waals surface area (Å²) in [6.45, 7) is 4.67. The molecule has 4 aliphatic carbocycles. The van der Waals surface area contributed by atoms with Crippen molar-refractivity contribution in [3.8, 4) is 11.1 Å². The van der Waals surface area contributed by atoms with Crippen molar-refractivity contribution in [1.82, 2.24) is 0 Å². The fourth-order valence-corrected chi connectivity index (χ4v) is 6.41. The van der Waals surface area contributed by atoms with Gasteiger partial charge in [0.1, 0.15) is 0 Å². The number of hydrogen-bond acceptors (Lipinski definition) is 0. The van der Waals surface area contributed by atoms with E-state index in [2.05, 4.69) is 92.7 Å². The van der Waals surface area contributed by atoms with Crippen LogP contribution in [0.4, 0.5) is 0 Å². The number of aryl methyl sites for hydroxylation is 1. The molecule has 1 spiro atoms. The predicted octanol–water partition coefficient (Wildman–Crippen LogP) is 6.67. The summed E-state index contributed by atoms with van der Waals surface area (Å²) in [5, 5.41) is 0. The van der Waals surface area contributed by atoms with E-state index in [0.29, 0.717) is 11.3 Å². The van der Waals surface area contributed by atoms with Crippen molar-refractivity contribution in [2.75, 3.05) is 0 Å². The highest BCUT2D eigenvalue weighted by Crippen LogP contribution is 2.72. The molecule has 7 rings (SSSR count). The summed E-state index contributed by atoms with van der Waals surface area (Å²) in [6.07, 6.45) is 6.19. The van der Waals surface area contributed by atoms with E-state index in [1.54, 1.807) is 5.57 Å². The minimum Gasteiger partial charge on any atom is -0.0773 e. The van der Waals surface area contributed by atoms with Gasteiger partial charge in [-0.25, -0.2) is 0 Å². The second-order valence-electron chi connectivity index (χ2n) is 9.31. The smallest absolute Gasteiger partial charge is 0.0691 e. The van der Waals surface area contributed by atoms with E-state index >= 15 is 0 Å². The van der Waals surface area contributed by atoms with E-state index in [1.165, 1.54) is 50.9 Å². The topological polar surface area (TPSA) is 0 Å². The normalized spacial score (nSPS) is 26.6. The first kappa shape index (κ1) is 15.1. The molecular formula is C28H22. The van der Waals surface area contributed by atoms with Gasteiger partial charge in [0.15, 0.2) is 0 Å². The average molecular weight is 358 g/mol. The third kappa shape index (κ3) is 1.49. The third-order valence-electron chi connectivity index (χ3n) is 7.77. The Morgan fingerprint density at radius 3 is 2.18 bits per heavy atom. The van der Waals surface area contributed by atoms with Crippen molar-refractivity contribution in [2.24, 2.45) is 11.3 Å². The number of hydrogen-bond donors (Lipinski definition) is 0. The molecule has 0 heterocycles. The molecule has 28 heavy (non-hydrogen) atoms. The van der Waals surface area contributed by atoms with Crippen LogP contribution >= 0.6 is 0 Å². The predicted molar refractivity (Wildman–Crippen MR) is 115 cm³/mol. The van der Waals surface area contributed by atoms with Crippen LogP contribution in [-0.2, 0) is 5.41 Å². The molecule has 0 N–H and O–H groups in total. The van der Waals surface area contributed by atoms with E-state index in [0.717, 1.165) is 0 Å². The third-order valence-corrected chi connectivity index (χ3v) is 7.77. The van der Waals surface area contributed by atoms with E-state index in [1.807, 2.05) is 0 Å². The maximum Gasteiger partial charge on any atom is 0.0691 e. The monoisotopic (exact) mass is 358 g/mol. The zero-order valence-corrected chi connectivity index (χ0v) is 16.3. The van der Waals surface area contributed by atoms with Gasteiger partial charge in [0.25, 0.3) is 0 Å². The highest BCUT2D eigenvalue weighted by molar-refractivity contribution is 5.98. The molecule has 0 amide bonds. The SMILES string of the molecule is Cc1ccc2c(c1)C1(C3=C2C=CC2(C)CC32)c2ccccc2-c2ccccc21. The Morgan fingerprint density at radius 1 is 0.786 bits per heavy atom. The Kier molecular flexibility index (Phi) is 2.47. The average Bonchev–Trinajstić information content (AvgIpc) is 3.22. The van der Waals surface area contributed by atoms with E-state index < -0.39 is 0 Å². The van der Waals surface area contributed by atoms with Gasteiger partial charge in [-0.05, 0) is 69.2 Å². The van der Waals surface area contributed by atoms with Gasteiger partial charge in [-0.3, -0.25) is 0 Å². The molecule has 2 atom stereocenters. The quantitative estimate of drug-likeness (QED) is 0.421. The molecule has 134 valence electrons. The lowest BCUT2D eigenvalue weighted by Gasteiger charge is -2.34. The second-order valence-corrected chi connectivity index (χ2v) is 9.31. The maximum atomic E-state index is 2.48. The van der Waals surface area contributed by atoms with E-state index in [4.69, 9.17) is 0 Å². The molecule has 0 aromatic heterocycles. The van der Waals surface area contributed by atoms with Gasteiger partial charge in [0.2, 0.25) is 0 Å². The van der Waals surface area contributed by atoms with Crippen LogP contribution in [0.1, 0.15) is 41.2 Å². The van der Waals surface area contributed by atoms with Crippen molar-refractivity contribution in [1.29, 1.82) is 0 Å². The van der Waals surface area contributed by atoms with Gasteiger partial charge in [-0.2, -0.15) is 0 Å². The lowest BCUT2D eigenvalue weighted by Crippen LogP contribution is -2.29. The summed E-state index contributed by atoms with van der Waals surface area (Å²) < 4.78 is 0. The van der Waals surface area contributed by atoms with E-state index in [-0.39, 0.29) is 5.41 Å². The fourth-order valence-electron chi connectivity index (χ4n) is 6.41. The largest absolute Gasteiger partial charge is 0.0773 e. The van der Waals surface area contributed by atoms with Crippen molar-refractivity contribution in [2.45, 2.75) is 25.7 Å². The summed E-state index contributed by atoms with van der Waals surface area (Å²) in [7, 11) is 0. The molecule has 3 aromatic rings. The van der Waals surface area contributed by atoms with Gasteiger partial charge < -0.3 is 0 Å². The molecule has 0 saturated heterocycles. The zero-order valence-electron chi connectivity index (χ0n) is 16.3. The standard InChI is InChI=1S/C28H22/c1-17-11-12-20-21-13-14-27(2)16-25(27)26(21)28(24(20)15-17)22-9-5-3-7-18(22)19-8-4-6-10-23(19)28/h3-15,25H,16H2,1-2H3. The molecule has 1 fully saturated rings. The summed E-state index contributed by atoms with van der Waals surface area (Å²) >= 11 is 0. The van der Waals surface area contributed by atoms with Crippen molar-refractivity contribution in [3.05, 3.63) is 112 Å². The molecule has 1 saturated carbocycles. The van der Waals surface area contributed by atoms with Gasteiger partial charge >= 0.3 is 0 Å². The molecule has 2 unspecified atom stereocenters. The van der Waals surface area contributed by atoms with Crippen molar-refractivity contribution in [3.63, 3.8) is 0 Å². The van der Waals surface area contributed by atoms with Gasteiger partial charge in [0, 0.05) is 0 Å². The number of benzene rings is 3. The lowest BCUT2D eigenvalue weighted by molar-refractivity contribution is 0.614. The number of fused-ring (bicyclic) bond motifs is 11. The summed E-state index contributed by atoms with van der Waals surface area (Å²) in [5.74, 6) is 0.652. The van der Waals surface area contributed by atoms with Crippen LogP contribution < -0.4 is 0 Å². The first-order valence-electron chi connectivity index (χ1n) is 10.4. The second kappa shape index (κ2) is 4.58. The molecule has 0 bridgehead atoms. The van der Waals surface area contributed by atoms with Crippen molar-refractivity contribution < 1.29 is 0 Å². The first-order valence-corrected chi connectivity index (χ1v) is 10.4. The lowest BCUT2D eigenvalue weighted by atomic mass is 9.67. The molecule has 0 aliphatic heterocycles. The molecule has 0 nitrogen and oxygen atoms in total. The molecule has 4 aliphatic rings. The fraction of sp³-hybridized carbons (Fsp3) is 0.214. The minimum absolute atomic E-state index is 0.114. The van der Waals surface area contributed by atoms with Crippen LogP contribution in [0.15, 0.2) is 84.5 Å². The Morgan fingerprint density at radius 2 is 1.46 bits per heavy atom. The first-order chi connectivity index (χ1) is 13.6. The Hall–Kier alpha value is -2.86. The Balaban J connectivity index is 1.70. The highest BCUT2D eigenvalue weighted by atomic mass is 14.6. The van der Waals surface area contributed by atoms with Gasteiger partial charge in [-0.1, -0.05) is 91.4 Å². The summed E-state index contributed by atoms with van der Waals surface area (Å²) in [6, 6.07) is 25.4. The molecule has 0 radical (unpaired) electrons. The van der Waals surface area contributed by atoms with E-state index in [9.17, 15) is 0 Å². The van der Waals surface area contributed by atoms with Crippen LogP contribution in [0, 0.1) is 18.3 Å². The van der Waals surface area contributed by atoms with Crippen LogP contribution in [-0.4, -0.2) is 0 Å². The molecular weight excluding hydrogens is 336 g/mol. The number of rotatable bonds is 0. The van der Waals surface area contributed by atoms with Crippen molar-refractivity contribution >= 4 is 5.57 Å². The van der Waals surface area contributed by atoms with Gasteiger partial charge in [0.05, 0.1) is 5.41 Å². The van der Waals surface area contributed by atoms with Crippen LogP contribution in [0.2, 0.25) is 0 Å². The highest BCUT2D eigenvalue weighted by Gasteiger charge is 2.63. The Labute approximate surface area is 166 Å². The van der Waals surface area contributed by atoms with Crippen LogP contribution in [0.3, 0.4) is 0 Å². The Bertz CT molecular complexity index is 1220.